The average molecular weight is 721 g/mol. The molecule has 0 saturated carbocycles. The molecule has 4 heterocycles. The lowest BCUT2D eigenvalue weighted by Crippen LogP contribution is -2.22. The predicted octanol–water partition coefficient (Wildman–Crippen LogP) is 8.68. The maximum Gasteiger partial charge on any atom is 0.231 e. The lowest BCUT2D eigenvalue weighted by atomic mass is 9.80. The van der Waals surface area contributed by atoms with Crippen molar-refractivity contribution >= 4 is 50.5 Å². The van der Waals surface area contributed by atoms with Crippen molar-refractivity contribution in [2.24, 2.45) is 0 Å². The standard InChI is InChI=1S/C36H32O8S4/c1-13-17-5-19-14(2)21-7-23-16(4)24-8-22-15(3)20-6-18(13)26-34(46)28(20)40-11-42-30(22)36(48)32(24)44-12-43-31(23)35(47)29(21)41-10-39-27(19)33(45)25(17)37-9-38-26/h5-8,13-16,45-48H,9-12H2,1-4H3. The van der Waals surface area contributed by atoms with E-state index in [1.807, 2.05) is 0 Å². The minimum absolute atomic E-state index is 0.0582. The Labute approximate surface area is 299 Å². The normalized spacial score (nSPS) is 22.3. The molecule has 0 N–H and O–H groups in total. The third kappa shape index (κ3) is 4.21. The summed E-state index contributed by atoms with van der Waals surface area (Å²) in [6.45, 7) is 8.34. The lowest BCUT2D eigenvalue weighted by Gasteiger charge is -2.34. The number of ether oxygens (including phenoxy) is 8. The van der Waals surface area contributed by atoms with Gasteiger partial charge in [-0.25, -0.2) is 0 Å². The fraction of sp³-hybridized carbons (Fsp3) is 0.333. The van der Waals surface area contributed by atoms with Crippen LogP contribution in [0.4, 0.5) is 0 Å². The van der Waals surface area contributed by atoms with Crippen molar-refractivity contribution in [3.05, 3.63) is 68.8 Å². The highest BCUT2D eigenvalue weighted by molar-refractivity contribution is 7.81. The largest absolute Gasteiger partial charge is 0.456 e. The second-order valence-corrected chi connectivity index (χ2v) is 14.5. The van der Waals surface area contributed by atoms with E-state index in [0.29, 0.717) is 65.6 Å². The SMILES string of the molecule is CC1c2cc3c4c(S)c2OCOc2c1cc1c(c2S)OCOc2c(cc5c(c2S)OCOc2c(cc(c(c2S)OCO4)C3C)C5C)C1C. The van der Waals surface area contributed by atoms with Gasteiger partial charge in [-0.2, -0.15) is 0 Å². The Morgan fingerprint density at radius 1 is 0.333 bits per heavy atom. The van der Waals surface area contributed by atoms with Gasteiger partial charge >= 0.3 is 0 Å². The van der Waals surface area contributed by atoms with E-state index in [2.05, 4.69) is 52.0 Å². The van der Waals surface area contributed by atoms with Gasteiger partial charge in [-0.1, -0.05) is 27.7 Å². The van der Waals surface area contributed by atoms with Crippen molar-refractivity contribution in [1.82, 2.24) is 0 Å². The van der Waals surface area contributed by atoms with E-state index in [4.69, 9.17) is 88.4 Å². The quantitative estimate of drug-likeness (QED) is 0.135. The van der Waals surface area contributed by atoms with Crippen LogP contribution in [0.2, 0.25) is 0 Å². The molecule has 4 aromatic carbocycles. The summed E-state index contributed by atoms with van der Waals surface area (Å²) in [6.07, 6.45) is 0. The first kappa shape index (κ1) is 30.7. The highest BCUT2D eigenvalue weighted by Gasteiger charge is 2.37. The van der Waals surface area contributed by atoms with Crippen LogP contribution in [-0.2, 0) is 0 Å². The van der Waals surface area contributed by atoms with Crippen molar-refractivity contribution in [3.8, 4) is 46.0 Å². The highest BCUT2D eigenvalue weighted by atomic mass is 32.1. The van der Waals surface area contributed by atoms with Gasteiger partial charge in [0.25, 0.3) is 0 Å². The maximum absolute atomic E-state index is 6.29. The zero-order valence-electron chi connectivity index (χ0n) is 26.5. The summed E-state index contributed by atoms with van der Waals surface area (Å²) in [5.74, 6) is 4.11. The molecular formula is C36H32O8S4. The predicted molar refractivity (Wildman–Crippen MR) is 189 cm³/mol. The molecule has 0 fully saturated rings. The van der Waals surface area contributed by atoms with Crippen molar-refractivity contribution in [3.63, 3.8) is 0 Å². The number of benzene rings is 4. The van der Waals surface area contributed by atoms with Crippen LogP contribution in [0.5, 0.6) is 46.0 Å². The maximum atomic E-state index is 6.29. The Kier molecular flexibility index (Phi) is 7.10. The summed E-state index contributed by atoms with van der Waals surface area (Å²) >= 11 is 20.0. The van der Waals surface area contributed by atoms with Crippen LogP contribution in [0.15, 0.2) is 43.8 Å². The van der Waals surface area contributed by atoms with E-state index in [1.165, 1.54) is 0 Å². The topological polar surface area (TPSA) is 73.8 Å². The minimum atomic E-state index is -0.179. The zero-order valence-corrected chi connectivity index (χ0v) is 30.1. The molecule has 4 aromatic rings. The van der Waals surface area contributed by atoms with E-state index < -0.39 is 0 Å². The Hall–Kier alpha value is -3.32. The van der Waals surface area contributed by atoms with Crippen LogP contribution in [-0.4, -0.2) is 27.2 Å². The number of hydrogen-bond donors (Lipinski definition) is 4. The summed E-state index contributed by atoms with van der Waals surface area (Å²) in [4.78, 5) is 2.35. The van der Waals surface area contributed by atoms with Gasteiger partial charge in [0.2, 0.25) is 27.2 Å². The second-order valence-electron chi connectivity index (χ2n) is 12.8. The molecule has 48 heavy (non-hydrogen) atoms. The molecule has 8 nitrogen and oxygen atoms in total. The molecule has 0 radical (unpaired) electrons. The van der Waals surface area contributed by atoms with Gasteiger partial charge < -0.3 is 37.9 Å². The van der Waals surface area contributed by atoms with E-state index in [1.54, 1.807) is 0 Å². The first-order valence-corrected chi connectivity index (χ1v) is 17.6. The van der Waals surface area contributed by atoms with Gasteiger partial charge in [0.05, 0.1) is 19.6 Å². The Morgan fingerprint density at radius 2 is 0.479 bits per heavy atom. The molecule has 12 heteroatoms. The van der Waals surface area contributed by atoms with Crippen LogP contribution < -0.4 is 37.9 Å². The van der Waals surface area contributed by atoms with Crippen LogP contribution >= 0.6 is 50.5 Å². The molecule has 1 aliphatic carbocycles. The van der Waals surface area contributed by atoms with Gasteiger partial charge in [0.1, 0.15) is 46.0 Å². The molecule has 0 amide bonds. The molecular weight excluding hydrogens is 689 g/mol. The number of hydrogen-bond acceptors (Lipinski definition) is 12. The Balaban J connectivity index is 1.43. The summed E-state index contributed by atoms with van der Waals surface area (Å²) in [6, 6.07) is 8.69. The third-order valence-electron chi connectivity index (χ3n) is 10.4. The molecule has 0 spiro atoms. The molecule has 9 rings (SSSR count). The van der Waals surface area contributed by atoms with E-state index in [0.717, 1.165) is 44.5 Å². The molecule has 248 valence electrons. The molecule has 0 aromatic heterocycles. The zero-order chi connectivity index (χ0) is 33.2. The van der Waals surface area contributed by atoms with E-state index in [9.17, 15) is 0 Å². The second kappa shape index (κ2) is 11.1. The van der Waals surface area contributed by atoms with Crippen LogP contribution in [0.1, 0.15) is 95.9 Å². The summed E-state index contributed by atoms with van der Waals surface area (Å²) in [5.41, 5.74) is 7.67. The first-order valence-electron chi connectivity index (χ1n) is 15.8. The summed E-state index contributed by atoms with van der Waals surface area (Å²) in [7, 11) is 0. The smallest absolute Gasteiger partial charge is 0.231 e. The molecule has 5 aliphatic rings. The van der Waals surface area contributed by atoms with Gasteiger partial charge in [-0.3, -0.25) is 0 Å². The highest BCUT2D eigenvalue weighted by Crippen LogP contribution is 2.57. The molecule has 0 unspecified atom stereocenters. The van der Waals surface area contributed by atoms with Crippen LogP contribution in [0, 0.1) is 0 Å². The Morgan fingerprint density at radius 3 is 0.625 bits per heavy atom. The van der Waals surface area contributed by atoms with Crippen molar-refractivity contribution in [1.29, 1.82) is 0 Å². The van der Waals surface area contributed by atoms with E-state index >= 15 is 0 Å². The fourth-order valence-electron chi connectivity index (χ4n) is 7.75. The first-order chi connectivity index (χ1) is 23.2. The van der Waals surface area contributed by atoms with Gasteiger partial charge in [-0.05, 0) is 24.3 Å². The van der Waals surface area contributed by atoms with Crippen molar-refractivity contribution in [2.75, 3.05) is 27.2 Å². The van der Waals surface area contributed by atoms with Gasteiger partial charge in [0, 0.05) is 68.2 Å². The van der Waals surface area contributed by atoms with Crippen LogP contribution in [0.25, 0.3) is 0 Å². The molecule has 4 aliphatic heterocycles. The van der Waals surface area contributed by atoms with Crippen LogP contribution in [0.3, 0.4) is 0 Å². The van der Waals surface area contributed by atoms with Crippen molar-refractivity contribution < 1.29 is 37.9 Å². The lowest BCUT2D eigenvalue weighted by molar-refractivity contribution is 0.0886. The third-order valence-corrected chi connectivity index (χ3v) is 12.0. The van der Waals surface area contributed by atoms with E-state index in [-0.39, 0.29) is 50.8 Å². The summed E-state index contributed by atoms with van der Waals surface area (Å²) < 4.78 is 50.4. The fourth-order valence-corrected chi connectivity index (χ4v) is 9.30. The van der Waals surface area contributed by atoms with Crippen molar-refractivity contribution in [2.45, 2.75) is 70.9 Å². The monoisotopic (exact) mass is 720 g/mol. The van der Waals surface area contributed by atoms with Gasteiger partial charge in [-0.15, -0.1) is 50.5 Å². The molecule has 8 bridgehead atoms. The number of rotatable bonds is 0. The molecule has 0 atom stereocenters. The Bertz CT molecular complexity index is 1670. The summed E-state index contributed by atoms with van der Waals surface area (Å²) in [5, 5.41) is 0. The minimum Gasteiger partial charge on any atom is -0.456 e. The van der Waals surface area contributed by atoms with Gasteiger partial charge in [0.15, 0.2) is 0 Å². The number of thiol groups is 4. The molecule has 0 saturated heterocycles. The average Bonchev–Trinajstić information content (AvgIpc) is 3.05.